The number of anilines is 1. The Bertz CT molecular complexity index is 2150. The molecule has 0 radical (unpaired) electrons. The molecule has 0 saturated carbocycles. The standard InChI is InChI=1S/C47H59N3O7/c1-31-18-19-40(51)38(26-31)36-16-13-17-37(27-36)39-28-50-43(48-39)34(4)33(3)41(42(45(52)53-9)57-46(5,6)7)44(50)49-22-20-47(8,21-23-49)56-25-24-54-29-32(2)55-30-35-14-11-10-12-15-35/h10-19,26-28,32,42,51H,20-25,29-30H2,1-9H3. The van der Waals surface area contributed by atoms with Gasteiger partial charge in [0.1, 0.15) is 17.2 Å². The molecule has 1 aliphatic heterocycles. The summed E-state index contributed by atoms with van der Waals surface area (Å²) in [4.78, 5) is 21.2. The molecule has 10 heteroatoms. The molecule has 1 N–H and O–H groups in total. The molecule has 2 unspecified atom stereocenters. The van der Waals surface area contributed by atoms with Gasteiger partial charge in [-0.3, -0.25) is 4.40 Å². The summed E-state index contributed by atoms with van der Waals surface area (Å²) in [7, 11) is 1.40. The van der Waals surface area contributed by atoms with Crippen LogP contribution in [-0.4, -0.2) is 77.8 Å². The molecule has 0 bridgehead atoms. The first kappa shape index (κ1) is 41.9. The van der Waals surface area contributed by atoms with Crippen molar-refractivity contribution in [3.8, 4) is 28.1 Å². The summed E-state index contributed by atoms with van der Waals surface area (Å²) in [6, 6.07) is 23.8. The first-order valence-corrected chi connectivity index (χ1v) is 20.0. The van der Waals surface area contributed by atoms with E-state index in [0.29, 0.717) is 39.5 Å². The molecular formula is C47H59N3O7. The Labute approximate surface area is 337 Å². The predicted molar refractivity (Wildman–Crippen MR) is 225 cm³/mol. The van der Waals surface area contributed by atoms with Crippen molar-refractivity contribution in [2.24, 2.45) is 0 Å². The number of phenolic OH excluding ortho intramolecular Hbond substituents is 1. The number of aromatic nitrogens is 2. The summed E-state index contributed by atoms with van der Waals surface area (Å²) in [6.07, 6.45) is 2.59. The van der Waals surface area contributed by atoms with Crippen molar-refractivity contribution in [3.05, 3.63) is 107 Å². The van der Waals surface area contributed by atoms with Crippen molar-refractivity contribution < 1.29 is 33.6 Å². The van der Waals surface area contributed by atoms with E-state index in [0.717, 1.165) is 74.5 Å². The van der Waals surface area contributed by atoms with Crippen molar-refractivity contribution >= 4 is 17.4 Å². The van der Waals surface area contributed by atoms with Crippen LogP contribution >= 0.6 is 0 Å². The molecule has 304 valence electrons. The van der Waals surface area contributed by atoms with Crippen molar-refractivity contribution in [3.63, 3.8) is 0 Å². The van der Waals surface area contributed by atoms with E-state index in [2.05, 4.69) is 34.4 Å². The Morgan fingerprint density at radius 1 is 0.930 bits per heavy atom. The number of aryl methyl sites for hydroxylation is 2. The van der Waals surface area contributed by atoms with Crippen LogP contribution in [0.2, 0.25) is 0 Å². The number of imidazole rings is 1. The quantitative estimate of drug-likeness (QED) is 0.0823. The summed E-state index contributed by atoms with van der Waals surface area (Å²) >= 11 is 0. The van der Waals surface area contributed by atoms with Crippen LogP contribution in [-0.2, 0) is 35.1 Å². The Balaban J connectivity index is 1.26. The number of methoxy groups -OCH3 is 1. The molecule has 3 aromatic carbocycles. The SMILES string of the molecule is COC(=O)C(OC(C)(C)C)c1c(C)c(C)c2nc(-c3cccc(-c4cc(C)ccc4O)c3)cn2c1N1CCC(C)(OCCOCC(C)OCc2ccccc2)CC1. The van der Waals surface area contributed by atoms with Crippen LogP contribution in [0, 0.1) is 20.8 Å². The normalized spacial score (nSPS) is 15.5. The summed E-state index contributed by atoms with van der Waals surface area (Å²) < 4.78 is 32.4. The van der Waals surface area contributed by atoms with Gasteiger partial charge in [0.15, 0.2) is 6.10 Å². The van der Waals surface area contributed by atoms with E-state index in [1.807, 2.05) is 103 Å². The second kappa shape index (κ2) is 17.8. The van der Waals surface area contributed by atoms with Gasteiger partial charge in [0.2, 0.25) is 0 Å². The van der Waals surface area contributed by atoms with Crippen LogP contribution in [0.5, 0.6) is 5.75 Å². The van der Waals surface area contributed by atoms with E-state index >= 15 is 0 Å². The summed E-state index contributed by atoms with van der Waals surface area (Å²) in [5.41, 5.74) is 8.03. The van der Waals surface area contributed by atoms with Gasteiger partial charge in [-0.1, -0.05) is 60.2 Å². The molecule has 0 amide bonds. The third-order valence-corrected chi connectivity index (χ3v) is 10.8. The van der Waals surface area contributed by atoms with E-state index in [-0.39, 0.29) is 17.5 Å². The molecule has 0 aliphatic carbocycles. The zero-order valence-electron chi connectivity index (χ0n) is 35.1. The second-order valence-corrected chi connectivity index (χ2v) is 16.5. The fourth-order valence-corrected chi connectivity index (χ4v) is 7.45. The molecule has 1 fully saturated rings. The molecule has 6 rings (SSSR count). The number of pyridine rings is 1. The number of piperidine rings is 1. The lowest BCUT2D eigenvalue weighted by molar-refractivity contribution is -0.164. The zero-order valence-corrected chi connectivity index (χ0v) is 35.1. The molecule has 57 heavy (non-hydrogen) atoms. The fraction of sp³-hybridized carbons (Fsp3) is 0.447. The number of hydrogen-bond acceptors (Lipinski definition) is 9. The van der Waals surface area contributed by atoms with E-state index in [9.17, 15) is 9.90 Å². The predicted octanol–water partition coefficient (Wildman–Crippen LogP) is 9.33. The molecule has 10 nitrogen and oxygen atoms in total. The Morgan fingerprint density at radius 3 is 2.35 bits per heavy atom. The minimum Gasteiger partial charge on any atom is -0.507 e. The third-order valence-electron chi connectivity index (χ3n) is 10.8. The minimum atomic E-state index is -0.965. The maximum atomic E-state index is 13.6. The number of rotatable bonds is 15. The van der Waals surface area contributed by atoms with Gasteiger partial charge in [-0.2, -0.15) is 0 Å². The van der Waals surface area contributed by atoms with E-state index < -0.39 is 17.7 Å². The minimum absolute atomic E-state index is 0.0294. The highest BCUT2D eigenvalue weighted by Crippen LogP contribution is 2.41. The lowest BCUT2D eigenvalue weighted by atomic mass is 9.92. The smallest absolute Gasteiger partial charge is 0.339 e. The molecular weight excluding hydrogens is 719 g/mol. The molecule has 2 atom stereocenters. The number of carbonyl (C=O) groups is 1. The average Bonchev–Trinajstić information content (AvgIpc) is 3.64. The lowest BCUT2D eigenvalue weighted by Crippen LogP contribution is -2.46. The van der Waals surface area contributed by atoms with Crippen molar-refractivity contribution in [1.82, 2.24) is 9.38 Å². The number of esters is 1. The molecule has 0 spiro atoms. The average molecular weight is 778 g/mol. The summed E-state index contributed by atoms with van der Waals surface area (Å²) in [5, 5.41) is 10.7. The van der Waals surface area contributed by atoms with Crippen LogP contribution in [0.15, 0.2) is 79.0 Å². The Hall–Kier alpha value is -4.74. The largest absolute Gasteiger partial charge is 0.507 e. The van der Waals surface area contributed by atoms with Crippen LogP contribution in [0.4, 0.5) is 5.82 Å². The van der Waals surface area contributed by atoms with Gasteiger partial charge in [0, 0.05) is 36.0 Å². The van der Waals surface area contributed by atoms with Gasteiger partial charge < -0.3 is 33.7 Å². The van der Waals surface area contributed by atoms with Crippen LogP contribution in [0.25, 0.3) is 28.0 Å². The van der Waals surface area contributed by atoms with E-state index in [1.165, 1.54) is 7.11 Å². The van der Waals surface area contributed by atoms with Gasteiger partial charge in [0.05, 0.1) is 56.5 Å². The number of phenols is 1. The van der Waals surface area contributed by atoms with Crippen molar-refractivity contribution in [1.29, 1.82) is 0 Å². The number of benzene rings is 3. The first-order chi connectivity index (χ1) is 27.2. The number of ether oxygens (including phenoxy) is 5. The van der Waals surface area contributed by atoms with Crippen LogP contribution in [0.1, 0.15) is 81.4 Å². The van der Waals surface area contributed by atoms with Crippen LogP contribution in [0.3, 0.4) is 0 Å². The summed E-state index contributed by atoms with van der Waals surface area (Å²) in [6.45, 7) is 19.5. The fourth-order valence-electron chi connectivity index (χ4n) is 7.45. The maximum absolute atomic E-state index is 13.6. The number of aromatic hydroxyl groups is 1. The highest BCUT2D eigenvalue weighted by atomic mass is 16.6. The van der Waals surface area contributed by atoms with Crippen LogP contribution < -0.4 is 4.90 Å². The number of hydrogen-bond donors (Lipinski definition) is 1. The number of fused-ring (bicyclic) bond motifs is 1. The number of nitrogens with zero attached hydrogens (tertiary/aromatic N) is 3. The van der Waals surface area contributed by atoms with Crippen molar-refractivity contribution in [2.45, 2.75) is 98.2 Å². The Morgan fingerprint density at radius 2 is 1.65 bits per heavy atom. The van der Waals surface area contributed by atoms with Crippen molar-refractivity contribution in [2.75, 3.05) is 44.9 Å². The molecule has 5 aromatic rings. The number of carbonyl (C=O) groups excluding carboxylic acids is 1. The topological polar surface area (TPSA) is 104 Å². The monoisotopic (exact) mass is 777 g/mol. The van der Waals surface area contributed by atoms with E-state index in [1.54, 1.807) is 6.07 Å². The lowest BCUT2D eigenvalue weighted by Gasteiger charge is -2.42. The molecule has 3 heterocycles. The Kier molecular flexibility index (Phi) is 13.1. The molecule has 1 saturated heterocycles. The third kappa shape index (κ3) is 10.0. The highest BCUT2D eigenvalue weighted by molar-refractivity contribution is 5.82. The second-order valence-electron chi connectivity index (χ2n) is 16.5. The highest BCUT2D eigenvalue weighted by Gasteiger charge is 2.38. The molecule has 1 aliphatic rings. The van der Waals surface area contributed by atoms with Gasteiger partial charge in [-0.05, 0) is 109 Å². The van der Waals surface area contributed by atoms with E-state index in [4.69, 9.17) is 28.7 Å². The summed E-state index contributed by atoms with van der Waals surface area (Å²) in [5.74, 6) is 0.629. The maximum Gasteiger partial charge on any atom is 0.339 e. The molecule has 2 aromatic heterocycles. The zero-order chi connectivity index (χ0) is 40.9. The van der Waals surface area contributed by atoms with Gasteiger partial charge >= 0.3 is 5.97 Å². The van der Waals surface area contributed by atoms with Gasteiger partial charge in [-0.15, -0.1) is 0 Å². The first-order valence-electron chi connectivity index (χ1n) is 20.0. The van der Waals surface area contributed by atoms with Gasteiger partial charge in [0.25, 0.3) is 0 Å². The van der Waals surface area contributed by atoms with Gasteiger partial charge in [-0.25, -0.2) is 9.78 Å².